The number of aromatic nitrogens is 1. The third-order valence-electron chi connectivity index (χ3n) is 5.47. The van der Waals surface area contributed by atoms with Crippen LogP contribution in [-0.4, -0.2) is 42.0 Å². The lowest BCUT2D eigenvalue weighted by atomic mass is 9.88. The van der Waals surface area contributed by atoms with Crippen molar-refractivity contribution in [2.24, 2.45) is 0 Å². The van der Waals surface area contributed by atoms with Gasteiger partial charge in [-0.05, 0) is 42.0 Å². The van der Waals surface area contributed by atoms with Crippen molar-refractivity contribution < 1.29 is 4.79 Å². The maximum atomic E-state index is 12.8. The number of hydrogen-bond donors (Lipinski definition) is 2. The van der Waals surface area contributed by atoms with E-state index in [2.05, 4.69) is 50.8 Å². The molecule has 1 aliphatic carbocycles. The van der Waals surface area contributed by atoms with Crippen LogP contribution in [0.1, 0.15) is 41.6 Å². The maximum absolute atomic E-state index is 12.8. The van der Waals surface area contributed by atoms with Gasteiger partial charge in [-0.1, -0.05) is 30.3 Å². The van der Waals surface area contributed by atoms with Gasteiger partial charge in [-0.3, -0.25) is 14.7 Å². The molecule has 1 aliphatic heterocycles. The summed E-state index contributed by atoms with van der Waals surface area (Å²) in [5.74, 6) is 0.113. The van der Waals surface area contributed by atoms with E-state index >= 15 is 0 Å². The number of rotatable bonds is 4. The Hall–Kier alpha value is -2.24. The Bertz CT molecular complexity index is 749. The number of hydrogen-bond acceptors (Lipinski definition) is 4. The molecule has 2 unspecified atom stereocenters. The first-order chi connectivity index (χ1) is 12.8. The van der Waals surface area contributed by atoms with Crippen LogP contribution in [-0.2, 0) is 11.2 Å². The van der Waals surface area contributed by atoms with Gasteiger partial charge >= 0.3 is 0 Å². The number of carbonyl (C=O) groups excluding carboxylic acids is 1. The van der Waals surface area contributed by atoms with Crippen LogP contribution in [0.25, 0.3) is 0 Å². The summed E-state index contributed by atoms with van der Waals surface area (Å²) in [4.78, 5) is 19.3. The molecule has 1 fully saturated rings. The SMILES string of the molecule is O=C(CN1CCNCC1c1cccnc1)NC1CCCc2ccccc21. The van der Waals surface area contributed by atoms with E-state index in [9.17, 15) is 4.79 Å². The highest BCUT2D eigenvalue weighted by Gasteiger charge is 2.27. The zero-order chi connectivity index (χ0) is 17.8. The van der Waals surface area contributed by atoms with Crippen LogP contribution in [0.4, 0.5) is 0 Å². The van der Waals surface area contributed by atoms with Gasteiger partial charge in [0.1, 0.15) is 0 Å². The highest BCUT2D eigenvalue weighted by molar-refractivity contribution is 5.78. The minimum Gasteiger partial charge on any atom is -0.348 e. The van der Waals surface area contributed by atoms with Gasteiger partial charge in [0.2, 0.25) is 5.91 Å². The molecular formula is C21H26N4O. The standard InChI is InChI=1S/C21H26N4O/c26-21(24-19-9-3-6-16-5-1-2-8-18(16)19)15-25-12-11-23-14-20(25)17-7-4-10-22-13-17/h1-2,4-5,7-8,10,13,19-20,23H,3,6,9,11-12,14-15H2,(H,24,26). The van der Waals surface area contributed by atoms with Crippen molar-refractivity contribution in [1.29, 1.82) is 0 Å². The van der Waals surface area contributed by atoms with Gasteiger partial charge < -0.3 is 10.6 Å². The minimum absolute atomic E-state index is 0.113. The number of carbonyl (C=O) groups is 1. The smallest absolute Gasteiger partial charge is 0.234 e. The van der Waals surface area contributed by atoms with E-state index in [0.717, 1.165) is 44.5 Å². The summed E-state index contributed by atoms with van der Waals surface area (Å²) in [5, 5.41) is 6.71. The van der Waals surface area contributed by atoms with Crippen LogP contribution in [0.5, 0.6) is 0 Å². The maximum Gasteiger partial charge on any atom is 0.234 e. The Balaban J connectivity index is 1.43. The molecule has 2 aliphatic rings. The molecule has 0 saturated carbocycles. The van der Waals surface area contributed by atoms with E-state index in [1.54, 1.807) is 6.20 Å². The second-order valence-electron chi connectivity index (χ2n) is 7.19. The Morgan fingerprint density at radius 3 is 3.08 bits per heavy atom. The predicted molar refractivity (Wildman–Crippen MR) is 102 cm³/mol. The van der Waals surface area contributed by atoms with Gasteiger partial charge in [0.25, 0.3) is 0 Å². The molecular weight excluding hydrogens is 324 g/mol. The van der Waals surface area contributed by atoms with Crippen molar-refractivity contribution in [3.05, 3.63) is 65.5 Å². The molecule has 2 heterocycles. The Kier molecular flexibility index (Phi) is 5.27. The molecule has 5 heteroatoms. The van der Waals surface area contributed by atoms with Gasteiger partial charge in [0.05, 0.1) is 12.6 Å². The number of piperazine rings is 1. The number of pyridine rings is 1. The highest BCUT2D eigenvalue weighted by atomic mass is 16.2. The third kappa shape index (κ3) is 3.79. The fourth-order valence-electron chi connectivity index (χ4n) is 4.17. The summed E-state index contributed by atoms with van der Waals surface area (Å²) in [6.45, 7) is 3.07. The van der Waals surface area contributed by atoms with Crippen molar-refractivity contribution >= 4 is 5.91 Å². The lowest BCUT2D eigenvalue weighted by Crippen LogP contribution is -2.50. The lowest BCUT2D eigenvalue weighted by Gasteiger charge is -2.36. The first-order valence-corrected chi connectivity index (χ1v) is 9.53. The van der Waals surface area contributed by atoms with Gasteiger partial charge in [0, 0.05) is 38.1 Å². The molecule has 26 heavy (non-hydrogen) atoms. The second-order valence-corrected chi connectivity index (χ2v) is 7.19. The van der Waals surface area contributed by atoms with Gasteiger partial charge in [-0.2, -0.15) is 0 Å². The average Bonchev–Trinajstić information content (AvgIpc) is 2.69. The Labute approximate surface area is 154 Å². The van der Waals surface area contributed by atoms with E-state index in [4.69, 9.17) is 0 Å². The van der Waals surface area contributed by atoms with Crippen LogP contribution >= 0.6 is 0 Å². The summed E-state index contributed by atoms with van der Waals surface area (Å²) >= 11 is 0. The molecule has 0 bridgehead atoms. The molecule has 2 atom stereocenters. The molecule has 1 amide bonds. The quantitative estimate of drug-likeness (QED) is 0.888. The summed E-state index contributed by atoms with van der Waals surface area (Å²) in [5.41, 5.74) is 3.83. The fourth-order valence-corrected chi connectivity index (χ4v) is 4.17. The monoisotopic (exact) mass is 350 g/mol. The first kappa shape index (κ1) is 17.2. The molecule has 1 aromatic heterocycles. The molecule has 4 rings (SSSR count). The summed E-state index contributed by atoms with van der Waals surface area (Å²) < 4.78 is 0. The minimum atomic E-state index is 0.113. The van der Waals surface area contributed by atoms with Crippen molar-refractivity contribution in [3.63, 3.8) is 0 Å². The molecule has 1 aromatic carbocycles. The first-order valence-electron chi connectivity index (χ1n) is 9.53. The number of aryl methyl sites for hydroxylation is 1. The second kappa shape index (κ2) is 7.98. The van der Waals surface area contributed by atoms with Crippen LogP contribution in [0.2, 0.25) is 0 Å². The summed E-state index contributed by atoms with van der Waals surface area (Å²) in [6, 6.07) is 12.9. The Morgan fingerprint density at radius 2 is 2.19 bits per heavy atom. The molecule has 5 nitrogen and oxygen atoms in total. The van der Waals surface area contributed by atoms with Crippen LogP contribution in [0.15, 0.2) is 48.8 Å². The molecule has 2 N–H and O–H groups in total. The van der Waals surface area contributed by atoms with E-state index in [1.807, 2.05) is 12.3 Å². The van der Waals surface area contributed by atoms with E-state index in [1.165, 1.54) is 11.1 Å². The molecule has 0 radical (unpaired) electrons. The zero-order valence-electron chi connectivity index (χ0n) is 15.0. The number of nitrogens with one attached hydrogen (secondary N) is 2. The van der Waals surface area contributed by atoms with E-state index in [0.29, 0.717) is 6.54 Å². The average molecular weight is 350 g/mol. The molecule has 136 valence electrons. The van der Waals surface area contributed by atoms with Crippen molar-refractivity contribution in [3.8, 4) is 0 Å². The van der Waals surface area contributed by atoms with Gasteiger partial charge in [0.15, 0.2) is 0 Å². The van der Waals surface area contributed by atoms with Crippen molar-refractivity contribution in [1.82, 2.24) is 20.5 Å². The summed E-state index contributed by atoms with van der Waals surface area (Å²) in [7, 11) is 0. The van der Waals surface area contributed by atoms with Crippen LogP contribution < -0.4 is 10.6 Å². The molecule has 0 spiro atoms. The normalized spacial score (nSPS) is 23.2. The van der Waals surface area contributed by atoms with Crippen molar-refractivity contribution in [2.45, 2.75) is 31.3 Å². The van der Waals surface area contributed by atoms with Crippen molar-refractivity contribution in [2.75, 3.05) is 26.2 Å². The van der Waals surface area contributed by atoms with E-state index < -0.39 is 0 Å². The van der Waals surface area contributed by atoms with Crippen LogP contribution in [0, 0.1) is 0 Å². The van der Waals surface area contributed by atoms with Crippen LogP contribution in [0.3, 0.4) is 0 Å². The van der Waals surface area contributed by atoms with Gasteiger partial charge in [-0.25, -0.2) is 0 Å². The largest absolute Gasteiger partial charge is 0.348 e. The topological polar surface area (TPSA) is 57.3 Å². The number of nitrogens with zero attached hydrogens (tertiary/aromatic N) is 2. The number of fused-ring (bicyclic) bond motifs is 1. The predicted octanol–water partition coefficient (Wildman–Crippen LogP) is 2.22. The zero-order valence-corrected chi connectivity index (χ0v) is 15.0. The van der Waals surface area contributed by atoms with Gasteiger partial charge in [-0.15, -0.1) is 0 Å². The third-order valence-corrected chi connectivity index (χ3v) is 5.47. The Morgan fingerprint density at radius 1 is 1.27 bits per heavy atom. The molecule has 2 aromatic rings. The van der Waals surface area contributed by atoms with E-state index in [-0.39, 0.29) is 18.0 Å². The fraction of sp³-hybridized carbons (Fsp3) is 0.429. The highest BCUT2D eigenvalue weighted by Crippen LogP contribution is 2.29. The number of benzene rings is 1. The molecule has 1 saturated heterocycles. The lowest BCUT2D eigenvalue weighted by molar-refractivity contribution is -0.123. The number of amides is 1. The summed E-state index contributed by atoms with van der Waals surface area (Å²) in [6.07, 6.45) is 6.96.